The minimum absolute atomic E-state index is 0.123. The Bertz CT molecular complexity index is 1220. The number of nitrogens with one attached hydrogen (secondary N) is 1. The smallest absolute Gasteiger partial charge is 0.232 e. The highest BCUT2D eigenvalue weighted by Gasteiger charge is 2.13. The van der Waals surface area contributed by atoms with E-state index in [1.807, 2.05) is 31.2 Å². The van der Waals surface area contributed by atoms with Gasteiger partial charge in [0.15, 0.2) is 5.82 Å². The van der Waals surface area contributed by atoms with Crippen LogP contribution >= 0.6 is 23.4 Å². The number of nitrogens with zero attached hydrogens (tertiary/aromatic N) is 6. The molecule has 0 saturated heterocycles. The van der Waals surface area contributed by atoms with E-state index in [4.69, 9.17) is 27.9 Å². The van der Waals surface area contributed by atoms with Gasteiger partial charge in [-0.15, -0.1) is 10.2 Å². The zero-order valence-corrected chi connectivity index (χ0v) is 18.6. The molecule has 0 radical (unpaired) electrons. The average Bonchev–Trinajstić information content (AvgIpc) is 3.12. The van der Waals surface area contributed by atoms with E-state index in [-0.39, 0.29) is 12.6 Å². The molecule has 2 aromatic heterocycles. The van der Waals surface area contributed by atoms with Gasteiger partial charge in [0.1, 0.15) is 18.2 Å². The Morgan fingerprint density at radius 3 is 2.62 bits per heavy atom. The molecule has 0 fully saturated rings. The summed E-state index contributed by atoms with van der Waals surface area (Å²) in [6.07, 6.45) is 0. The van der Waals surface area contributed by atoms with Crippen molar-refractivity contribution in [3.05, 3.63) is 70.8 Å². The van der Waals surface area contributed by atoms with Gasteiger partial charge in [-0.25, -0.2) is 4.68 Å². The Kier molecular flexibility index (Phi) is 6.57. The number of nitrogens with two attached hydrogens (primary N) is 2. The van der Waals surface area contributed by atoms with Crippen LogP contribution in [0.4, 0.5) is 17.6 Å². The van der Waals surface area contributed by atoms with Crippen LogP contribution in [0.5, 0.6) is 5.75 Å². The molecule has 0 aliphatic rings. The standard InChI is InChI=1S/C20H20ClN9OS/c1-12-4-2-3-5-15(12)24-19-26-16(25-18(22)27-19)11-32-20-29-28-17(30(20)23)10-31-14-8-6-13(21)7-9-14/h2-9H,10-11,23H2,1H3,(H3,22,24,25,26,27). The summed E-state index contributed by atoms with van der Waals surface area (Å²) in [6.45, 7) is 2.15. The second-order valence-electron chi connectivity index (χ2n) is 6.67. The van der Waals surface area contributed by atoms with Gasteiger partial charge in [-0.2, -0.15) is 15.0 Å². The van der Waals surface area contributed by atoms with Crippen LogP contribution in [0.2, 0.25) is 5.02 Å². The number of nitrogen functional groups attached to an aromatic ring is 2. The lowest BCUT2D eigenvalue weighted by molar-refractivity contribution is 0.291. The first-order valence-corrected chi connectivity index (χ1v) is 10.9. The second kappa shape index (κ2) is 9.71. The van der Waals surface area contributed by atoms with Crippen LogP contribution in [-0.4, -0.2) is 29.8 Å². The van der Waals surface area contributed by atoms with Gasteiger partial charge in [0.2, 0.25) is 17.1 Å². The quantitative estimate of drug-likeness (QED) is 0.259. The second-order valence-corrected chi connectivity index (χ2v) is 8.05. The largest absolute Gasteiger partial charge is 0.486 e. The highest BCUT2D eigenvalue weighted by Crippen LogP contribution is 2.22. The lowest BCUT2D eigenvalue weighted by atomic mass is 10.2. The lowest BCUT2D eigenvalue weighted by Gasteiger charge is -2.09. The third-order valence-corrected chi connectivity index (χ3v) is 5.53. The van der Waals surface area contributed by atoms with Gasteiger partial charge in [-0.3, -0.25) is 0 Å². The summed E-state index contributed by atoms with van der Waals surface area (Å²) < 4.78 is 7.05. The van der Waals surface area contributed by atoms with Crippen LogP contribution in [0.3, 0.4) is 0 Å². The summed E-state index contributed by atoms with van der Waals surface area (Å²) in [6, 6.07) is 14.8. The molecule has 2 heterocycles. The molecule has 0 atom stereocenters. The van der Waals surface area contributed by atoms with Crippen molar-refractivity contribution in [1.82, 2.24) is 29.8 Å². The molecular weight excluding hydrogens is 450 g/mol. The Hall–Kier alpha value is -3.57. The molecule has 0 aliphatic heterocycles. The van der Waals surface area contributed by atoms with Crippen molar-refractivity contribution in [2.45, 2.75) is 24.4 Å². The summed E-state index contributed by atoms with van der Waals surface area (Å²) >= 11 is 7.21. The molecule has 164 valence electrons. The number of rotatable bonds is 8. The average molecular weight is 470 g/mol. The number of benzene rings is 2. The van der Waals surface area contributed by atoms with Gasteiger partial charge < -0.3 is 21.6 Å². The van der Waals surface area contributed by atoms with Crippen molar-refractivity contribution in [3.63, 3.8) is 0 Å². The number of anilines is 3. The van der Waals surface area contributed by atoms with Gasteiger partial charge in [-0.05, 0) is 42.8 Å². The Balaban J connectivity index is 1.40. The van der Waals surface area contributed by atoms with Crippen molar-refractivity contribution in [2.24, 2.45) is 0 Å². The predicted octanol–water partition coefficient (Wildman–Crippen LogP) is 3.34. The number of thioether (sulfide) groups is 1. The number of hydrogen-bond acceptors (Lipinski definition) is 10. The van der Waals surface area contributed by atoms with Crippen LogP contribution in [-0.2, 0) is 12.4 Å². The fourth-order valence-electron chi connectivity index (χ4n) is 2.70. The van der Waals surface area contributed by atoms with Crippen molar-refractivity contribution in [2.75, 3.05) is 16.9 Å². The molecular formula is C20H20ClN9OS. The summed E-state index contributed by atoms with van der Waals surface area (Å²) in [4.78, 5) is 12.8. The van der Waals surface area contributed by atoms with Gasteiger partial charge in [0.25, 0.3) is 0 Å². The number of halogens is 1. The van der Waals surface area contributed by atoms with Gasteiger partial charge in [0, 0.05) is 10.7 Å². The van der Waals surface area contributed by atoms with E-state index in [1.165, 1.54) is 16.4 Å². The van der Waals surface area contributed by atoms with Gasteiger partial charge in [-0.1, -0.05) is 41.6 Å². The molecule has 10 nitrogen and oxygen atoms in total. The molecule has 0 spiro atoms. The number of aryl methyl sites for hydroxylation is 1. The first-order valence-electron chi connectivity index (χ1n) is 9.51. The van der Waals surface area contributed by atoms with E-state index in [1.54, 1.807) is 24.3 Å². The number of aromatic nitrogens is 6. The first-order chi connectivity index (χ1) is 15.5. The fraction of sp³-hybridized carbons (Fsp3) is 0.150. The van der Waals surface area contributed by atoms with Crippen molar-refractivity contribution in [3.8, 4) is 5.75 Å². The van der Waals surface area contributed by atoms with Crippen molar-refractivity contribution in [1.29, 1.82) is 0 Å². The molecule has 32 heavy (non-hydrogen) atoms. The lowest BCUT2D eigenvalue weighted by Crippen LogP contribution is -2.16. The van der Waals surface area contributed by atoms with Crippen molar-refractivity contribution >= 4 is 40.9 Å². The zero-order chi connectivity index (χ0) is 22.5. The normalized spacial score (nSPS) is 10.8. The summed E-state index contributed by atoms with van der Waals surface area (Å²) in [5.41, 5.74) is 7.82. The third-order valence-electron chi connectivity index (χ3n) is 4.34. The fourth-order valence-corrected chi connectivity index (χ4v) is 3.56. The maximum absolute atomic E-state index is 6.11. The van der Waals surface area contributed by atoms with E-state index < -0.39 is 0 Å². The third kappa shape index (κ3) is 5.37. The van der Waals surface area contributed by atoms with Gasteiger partial charge >= 0.3 is 0 Å². The minimum Gasteiger partial charge on any atom is -0.486 e. The molecule has 0 bridgehead atoms. The molecule has 5 N–H and O–H groups in total. The van der Waals surface area contributed by atoms with Crippen LogP contribution in [0.15, 0.2) is 53.7 Å². The summed E-state index contributed by atoms with van der Waals surface area (Å²) in [5.74, 6) is 8.60. The van der Waals surface area contributed by atoms with Gasteiger partial charge in [0.05, 0.1) is 5.75 Å². The van der Waals surface area contributed by atoms with E-state index >= 15 is 0 Å². The highest BCUT2D eigenvalue weighted by atomic mass is 35.5. The number of ether oxygens (including phenoxy) is 1. The Labute approximate surface area is 193 Å². The highest BCUT2D eigenvalue weighted by molar-refractivity contribution is 7.98. The van der Waals surface area contributed by atoms with Crippen LogP contribution in [0.1, 0.15) is 17.2 Å². The van der Waals surface area contributed by atoms with E-state index in [2.05, 4.69) is 30.5 Å². The molecule has 0 aliphatic carbocycles. The van der Waals surface area contributed by atoms with E-state index in [0.717, 1.165) is 11.3 Å². The molecule has 4 aromatic rings. The molecule has 4 rings (SSSR count). The molecule has 0 amide bonds. The molecule has 12 heteroatoms. The monoisotopic (exact) mass is 469 g/mol. The van der Waals surface area contributed by atoms with E-state index in [9.17, 15) is 0 Å². The number of para-hydroxylation sites is 1. The SMILES string of the molecule is Cc1ccccc1Nc1nc(N)nc(CSc2nnc(COc3ccc(Cl)cc3)n2N)n1. The summed E-state index contributed by atoms with van der Waals surface area (Å²) in [5, 5.41) is 12.5. The Morgan fingerprint density at radius 2 is 1.84 bits per heavy atom. The van der Waals surface area contributed by atoms with Crippen LogP contribution in [0, 0.1) is 6.92 Å². The number of hydrogen-bond donors (Lipinski definition) is 3. The molecule has 0 unspecified atom stereocenters. The summed E-state index contributed by atoms with van der Waals surface area (Å²) in [7, 11) is 0. The van der Waals surface area contributed by atoms with E-state index in [0.29, 0.717) is 39.3 Å². The topological polar surface area (TPSA) is 143 Å². The van der Waals surface area contributed by atoms with Crippen LogP contribution < -0.4 is 21.6 Å². The zero-order valence-electron chi connectivity index (χ0n) is 17.1. The predicted molar refractivity (Wildman–Crippen MR) is 124 cm³/mol. The maximum Gasteiger partial charge on any atom is 0.232 e. The maximum atomic E-state index is 6.11. The van der Waals surface area contributed by atoms with Crippen LogP contribution in [0.25, 0.3) is 0 Å². The molecule has 2 aromatic carbocycles. The molecule has 0 saturated carbocycles. The van der Waals surface area contributed by atoms with Crippen molar-refractivity contribution < 1.29 is 4.74 Å². The Morgan fingerprint density at radius 1 is 1.06 bits per heavy atom. The minimum atomic E-state index is 0.123. The first kappa shape index (κ1) is 21.7.